The average molecular weight is 531 g/mol. The monoisotopic (exact) mass is 530 g/mol. The van der Waals surface area contributed by atoms with Crippen LogP contribution in [-0.2, 0) is 6.54 Å². The Morgan fingerprint density at radius 1 is 1.03 bits per heavy atom. The molecule has 1 fully saturated rings. The minimum atomic E-state index is -0.0717. The summed E-state index contributed by atoms with van der Waals surface area (Å²) in [5.41, 5.74) is 3.17. The number of hydrogen-bond donors (Lipinski definition) is 1. The molecule has 0 spiro atoms. The third-order valence-corrected chi connectivity index (χ3v) is 8.13. The fourth-order valence-corrected chi connectivity index (χ4v) is 6.26. The minimum absolute atomic E-state index is 0.0717. The number of aromatic hydroxyl groups is 1. The molecule has 1 N–H and O–H groups in total. The van der Waals surface area contributed by atoms with Gasteiger partial charge in [0.15, 0.2) is 5.78 Å². The van der Waals surface area contributed by atoms with Crippen LogP contribution in [0.25, 0.3) is 20.5 Å². The highest BCUT2D eigenvalue weighted by molar-refractivity contribution is 7.22. The summed E-state index contributed by atoms with van der Waals surface area (Å²) in [4.78, 5) is 19.4. The van der Waals surface area contributed by atoms with Gasteiger partial charge in [0, 0.05) is 44.7 Å². The average Bonchev–Trinajstić information content (AvgIpc) is 3.56. The normalized spacial score (nSPS) is 13.9. The highest BCUT2D eigenvalue weighted by Gasteiger charge is 2.23. The Bertz CT molecular complexity index is 1420. The molecule has 3 aromatic carbocycles. The van der Waals surface area contributed by atoms with Crippen LogP contribution in [0.3, 0.4) is 0 Å². The number of ketones is 1. The summed E-state index contributed by atoms with van der Waals surface area (Å²) in [6.07, 6.45) is 2.55. The quantitative estimate of drug-likeness (QED) is 0.252. The number of methoxy groups -OCH3 is 1. The molecule has 0 saturated carbocycles. The number of carbonyl (C=O) groups excluding carboxylic acids is 1. The van der Waals surface area contributed by atoms with Crippen LogP contribution >= 0.6 is 11.3 Å². The van der Waals surface area contributed by atoms with Gasteiger partial charge in [0.05, 0.1) is 7.11 Å². The van der Waals surface area contributed by atoms with Crippen LogP contribution in [0.2, 0.25) is 0 Å². The highest BCUT2D eigenvalue weighted by Crippen LogP contribution is 2.42. The van der Waals surface area contributed by atoms with Crippen molar-refractivity contribution in [3.05, 3.63) is 77.4 Å². The van der Waals surface area contributed by atoms with E-state index in [1.54, 1.807) is 19.2 Å². The Morgan fingerprint density at radius 3 is 2.50 bits per heavy atom. The number of benzene rings is 3. The van der Waals surface area contributed by atoms with Crippen LogP contribution in [0, 0.1) is 0 Å². The van der Waals surface area contributed by atoms with E-state index in [2.05, 4.69) is 9.80 Å². The van der Waals surface area contributed by atoms with Crippen molar-refractivity contribution in [3.8, 4) is 27.7 Å². The largest absolute Gasteiger partial charge is 0.508 e. The molecular formula is C31H34N2O4S. The van der Waals surface area contributed by atoms with Crippen LogP contribution in [0.1, 0.15) is 34.3 Å². The summed E-state index contributed by atoms with van der Waals surface area (Å²) < 4.78 is 12.5. The van der Waals surface area contributed by atoms with E-state index in [9.17, 15) is 9.90 Å². The standard InChI is InChI=1S/C31H34N2O4S/c1-32(2)20-23-7-6-22(18-27(23)36-3)30(35)29-26-13-10-24(34)19-28(26)38-31(29)21-8-11-25(12-9-21)37-17-16-33-14-4-5-15-33/h6-13,18-19,34H,4-5,14-17,20H2,1-3H3. The van der Waals surface area contributed by atoms with Crippen LogP contribution in [-0.4, -0.2) is 68.1 Å². The lowest BCUT2D eigenvalue weighted by Gasteiger charge is -2.15. The lowest BCUT2D eigenvalue weighted by Crippen LogP contribution is -2.25. The molecule has 0 radical (unpaired) electrons. The molecule has 1 saturated heterocycles. The second kappa shape index (κ2) is 11.6. The summed E-state index contributed by atoms with van der Waals surface area (Å²) in [6, 6.07) is 18.8. The molecule has 5 rings (SSSR count). The van der Waals surface area contributed by atoms with E-state index in [0.717, 1.165) is 58.0 Å². The first kappa shape index (κ1) is 26.2. The Morgan fingerprint density at radius 2 is 1.79 bits per heavy atom. The SMILES string of the molecule is COc1cc(C(=O)c2c(-c3ccc(OCCN4CCCC4)cc3)sc3cc(O)ccc23)ccc1CN(C)C. The van der Waals surface area contributed by atoms with Gasteiger partial charge in [0.25, 0.3) is 0 Å². The minimum Gasteiger partial charge on any atom is -0.508 e. The van der Waals surface area contributed by atoms with Gasteiger partial charge in [-0.15, -0.1) is 11.3 Å². The maximum atomic E-state index is 14.0. The fourth-order valence-electron chi connectivity index (χ4n) is 5.02. The van der Waals surface area contributed by atoms with Crippen LogP contribution in [0.5, 0.6) is 17.2 Å². The zero-order chi connectivity index (χ0) is 26.6. The van der Waals surface area contributed by atoms with Gasteiger partial charge in [-0.25, -0.2) is 0 Å². The highest BCUT2D eigenvalue weighted by atomic mass is 32.1. The molecule has 4 aromatic rings. The molecule has 1 aliphatic rings. The molecule has 0 unspecified atom stereocenters. The number of phenols is 1. The molecule has 1 aliphatic heterocycles. The Labute approximate surface area is 228 Å². The molecule has 0 aliphatic carbocycles. The van der Waals surface area contributed by atoms with Crippen molar-refractivity contribution < 1.29 is 19.4 Å². The van der Waals surface area contributed by atoms with Gasteiger partial charge in [-0.3, -0.25) is 9.69 Å². The van der Waals surface area contributed by atoms with Crippen molar-refractivity contribution in [3.63, 3.8) is 0 Å². The van der Waals surface area contributed by atoms with Crippen molar-refractivity contribution in [2.24, 2.45) is 0 Å². The smallest absolute Gasteiger partial charge is 0.195 e. The maximum Gasteiger partial charge on any atom is 0.195 e. The van der Waals surface area contributed by atoms with E-state index in [1.807, 2.05) is 62.6 Å². The Kier molecular flexibility index (Phi) is 7.98. The Hall–Kier alpha value is -3.39. The van der Waals surface area contributed by atoms with Gasteiger partial charge in [-0.05, 0) is 94.1 Å². The molecule has 2 heterocycles. The number of phenolic OH excluding ortho intramolecular Hbond substituents is 1. The molecule has 0 atom stereocenters. The van der Waals surface area contributed by atoms with Crippen LogP contribution < -0.4 is 9.47 Å². The van der Waals surface area contributed by atoms with Gasteiger partial charge in [-0.2, -0.15) is 0 Å². The third-order valence-electron chi connectivity index (χ3n) is 6.93. The fraction of sp³-hybridized carbons (Fsp3) is 0.323. The Balaban J connectivity index is 1.46. The first-order valence-electron chi connectivity index (χ1n) is 13.0. The number of nitrogens with zero attached hydrogens (tertiary/aromatic N) is 2. The van der Waals surface area contributed by atoms with E-state index in [-0.39, 0.29) is 11.5 Å². The second-order valence-corrected chi connectivity index (χ2v) is 11.1. The predicted molar refractivity (Wildman–Crippen MR) is 154 cm³/mol. The summed E-state index contributed by atoms with van der Waals surface area (Å²) in [5, 5.41) is 10.9. The molecule has 0 bridgehead atoms. The second-order valence-electron chi connectivity index (χ2n) is 10.0. The van der Waals surface area contributed by atoms with Gasteiger partial charge >= 0.3 is 0 Å². The summed E-state index contributed by atoms with van der Waals surface area (Å²) in [5.74, 6) is 1.62. The van der Waals surface area contributed by atoms with E-state index in [1.165, 1.54) is 24.2 Å². The topological polar surface area (TPSA) is 62.2 Å². The molecular weight excluding hydrogens is 496 g/mol. The van der Waals surface area contributed by atoms with Crippen molar-refractivity contribution in [2.45, 2.75) is 19.4 Å². The van der Waals surface area contributed by atoms with Gasteiger partial charge in [0.2, 0.25) is 0 Å². The molecule has 38 heavy (non-hydrogen) atoms. The van der Waals surface area contributed by atoms with E-state index >= 15 is 0 Å². The summed E-state index contributed by atoms with van der Waals surface area (Å²) in [6.45, 7) is 4.64. The van der Waals surface area contributed by atoms with Crippen molar-refractivity contribution in [1.82, 2.24) is 9.80 Å². The lowest BCUT2D eigenvalue weighted by molar-refractivity contribution is 0.104. The number of ether oxygens (including phenoxy) is 2. The molecule has 6 nitrogen and oxygen atoms in total. The zero-order valence-corrected chi connectivity index (χ0v) is 23.0. The predicted octanol–water partition coefficient (Wildman–Crippen LogP) is 6.05. The first-order chi connectivity index (χ1) is 18.4. The van der Waals surface area contributed by atoms with Crippen molar-refractivity contribution in [2.75, 3.05) is 47.4 Å². The summed E-state index contributed by atoms with van der Waals surface area (Å²) in [7, 11) is 5.63. The van der Waals surface area contributed by atoms with Gasteiger partial charge in [0.1, 0.15) is 23.9 Å². The number of likely N-dealkylation sites (tertiary alicyclic amines) is 1. The number of fused-ring (bicyclic) bond motifs is 1. The van der Waals surface area contributed by atoms with E-state index in [0.29, 0.717) is 23.5 Å². The van der Waals surface area contributed by atoms with Gasteiger partial charge < -0.3 is 19.5 Å². The van der Waals surface area contributed by atoms with Gasteiger partial charge in [-0.1, -0.05) is 12.1 Å². The lowest BCUT2D eigenvalue weighted by atomic mass is 9.96. The maximum absolute atomic E-state index is 14.0. The number of rotatable bonds is 10. The third kappa shape index (κ3) is 5.70. The number of thiophene rings is 1. The molecule has 1 aromatic heterocycles. The molecule has 198 valence electrons. The zero-order valence-electron chi connectivity index (χ0n) is 22.2. The molecule has 7 heteroatoms. The van der Waals surface area contributed by atoms with Crippen molar-refractivity contribution in [1.29, 1.82) is 0 Å². The number of hydrogen-bond acceptors (Lipinski definition) is 7. The van der Waals surface area contributed by atoms with Crippen LogP contribution in [0.15, 0.2) is 60.7 Å². The number of carbonyl (C=O) groups is 1. The van der Waals surface area contributed by atoms with Crippen LogP contribution in [0.4, 0.5) is 0 Å². The first-order valence-corrected chi connectivity index (χ1v) is 13.8. The summed E-state index contributed by atoms with van der Waals surface area (Å²) >= 11 is 1.51. The van der Waals surface area contributed by atoms with E-state index < -0.39 is 0 Å². The van der Waals surface area contributed by atoms with Crippen molar-refractivity contribution >= 4 is 27.2 Å². The molecule has 0 amide bonds. The van der Waals surface area contributed by atoms with E-state index in [4.69, 9.17) is 9.47 Å².